The van der Waals surface area contributed by atoms with Crippen molar-refractivity contribution in [2.24, 2.45) is 5.92 Å². The molecule has 1 atom stereocenters. The van der Waals surface area contributed by atoms with Crippen LogP contribution in [0.3, 0.4) is 0 Å². The molecule has 2 heterocycles. The van der Waals surface area contributed by atoms with E-state index < -0.39 is 0 Å². The fourth-order valence-corrected chi connectivity index (χ4v) is 8.62. The molecular weight excluding hydrogens is 532 g/mol. The third-order valence-corrected chi connectivity index (χ3v) is 10.7. The van der Waals surface area contributed by atoms with Crippen molar-refractivity contribution in [3.63, 3.8) is 0 Å². The number of anilines is 1. The van der Waals surface area contributed by atoms with Crippen molar-refractivity contribution < 1.29 is 4.58 Å². The van der Waals surface area contributed by atoms with E-state index in [1.54, 1.807) is 5.57 Å². The molecule has 0 saturated heterocycles. The van der Waals surface area contributed by atoms with E-state index in [1.165, 1.54) is 74.7 Å². The van der Waals surface area contributed by atoms with Crippen LogP contribution in [0.1, 0.15) is 78.4 Å². The molecule has 224 valence electrons. The maximum Gasteiger partial charge on any atom is 0.210 e. The number of nitrogens with zero attached hydrogens (tertiary/aromatic N) is 2. The van der Waals surface area contributed by atoms with Crippen molar-refractivity contribution in [1.82, 2.24) is 0 Å². The normalized spacial score (nSPS) is 22.6. The van der Waals surface area contributed by atoms with Gasteiger partial charge >= 0.3 is 0 Å². The van der Waals surface area contributed by atoms with Crippen LogP contribution in [0, 0.1) is 5.92 Å². The van der Waals surface area contributed by atoms with E-state index in [0.29, 0.717) is 5.92 Å². The van der Waals surface area contributed by atoms with Crippen LogP contribution < -0.4 is 4.90 Å². The molecule has 1 unspecified atom stereocenters. The molecule has 2 nitrogen and oxygen atoms in total. The van der Waals surface area contributed by atoms with Crippen LogP contribution in [0.2, 0.25) is 0 Å². The van der Waals surface area contributed by atoms with Gasteiger partial charge < -0.3 is 4.90 Å². The van der Waals surface area contributed by atoms with E-state index >= 15 is 0 Å². The first-order valence-electron chi connectivity index (χ1n) is 16.8. The fraction of sp³-hybridized carbons (Fsp3) is 0.357. The number of likely N-dealkylation sites (N-methyl/N-ethyl adjacent to an activating group) is 1. The van der Waals surface area contributed by atoms with Crippen LogP contribution >= 0.6 is 0 Å². The smallest absolute Gasteiger partial charge is 0.210 e. The van der Waals surface area contributed by atoms with E-state index in [9.17, 15) is 0 Å². The molecule has 1 saturated carbocycles. The summed E-state index contributed by atoms with van der Waals surface area (Å²) in [5.41, 5.74) is 10.1. The molecule has 44 heavy (non-hydrogen) atoms. The summed E-state index contributed by atoms with van der Waals surface area (Å²) in [5, 5.41) is 5.44. The number of allylic oxidation sites excluding steroid dienone is 6. The van der Waals surface area contributed by atoms with Crippen LogP contribution in [-0.2, 0) is 10.8 Å². The molecule has 4 aromatic rings. The fourth-order valence-electron chi connectivity index (χ4n) is 8.62. The monoisotopic (exact) mass is 579 g/mol. The standard InChI is InChI=1S/C42H47N2/c1-7-43-35-24-22-31-16-9-11-18-33(31)39(35)41(3,4)37(43)26-20-29-14-13-15-30(28-29)21-27-38-42(5,6)40-34-19-12-10-17-32(34)23-25-36(40)44(38)8-2/h9-12,16-27,29H,7-8,13-15,28H2,1-6H3/q+1. The summed E-state index contributed by atoms with van der Waals surface area (Å²) in [6.45, 7) is 16.2. The average Bonchev–Trinajstić information content (AvgIpc) is 3.40. The third-order valence-electron chi connectivity index (χ3n) is 10.7. The Labute approximate surface area is 264 Å². The number of hydrogen-bond donors (Lipinski definition) is 0. The molecule has 0 N–H and O–H groups in total. The lowest BCUT2D eigenvalue weighted by Gasteiger charge is -2.27. The molecule has 3 aliphatic rings. The van der Waals surface area contributed by atoms with E-state index in [4.69, 9.17) is 0 Å². The summed E-state index contributed by atoms with van der Waals surface area (Å²) >= 11 is 0. The zero-order valence-corrected chi connectivity index (χ0v) is 27.5. The quantitative estimate of drug-likeness (QED) is 0.213. The average molecular weight is 580 g/mol. The Bertz CT molecular complexity index is 1890. The molecule has 0 aromatic heterocycles. The van der Waals surface area contributed by atoms with Crippen molar-refractivity contribution in [1.29, 1.82) is 0 Å². The van der Waals surface area contributed by atoms with Gasteiger partial charge in [0.05, 0.1) is 5.41 Å². The van der Waals surface area contributed by atoms with Crippen LogP contribution in [0.25, 0.3) is 21.5 Å². The zero-order chi connectivity index (χ0) is 30.6. The molecule has 0 bridgehead atoms. The number of fused-ring (bicyclic) bond motifs is 6. The second-order valence-corrected chi connectivity index (χ2v) is 14.1. The SMILES string of the molecule is CCN1C(=CC=C2CCCC(C=CC3=[N+](CC)c4ccc5ccccc5c4C3(C)C)C2)C(C)(C)c2c1ccc1ccccc21. The van der Waals surface area contributed by atoms with Gasteiger partial charge in [0.25, 0.3) is 0 Å². The molecule has 1 aliphatic carbocycles. The van der Waals surface area contributed by atoms with Gasteiger partial charge in [0.15, 0.2) is 5.71 Å². The van der Waals surface area contributed by atoms with E-state index in [-0.39, 0.29) is 10.8 Å². The van der Waals surface area contributed by atoms with Crippen molar-refractivity contribution >= 4 is 38.6 Å². The van der Waals surface area contributed by atoms with Crippen LogP contribution in [0.15, 0.2) is 108 Å². The number of benzene rings is 4. The van der Waals surface area contributed by atoms with Crippen LogP contribution in [0.5, 0.6) is 0 Å². The van der Waals surface area contributed by atoms with Crippen LogP contribution in [0.4, 0.5) is 11.4 Å². The highest BCUT2D eigenvalue weighted by atomic mass is 15.2. The Hall–Kier alpha value is -3.91. The third kappa shape index (κ3) is 4.48. The topological polar surface area (TPSA) is 6.25 Å². The highest BCUT2D eigenvalue weighted by Gasteiger charge is 2.45. The summed E-state index contributed by atoms with van der Waals surface area (Å²) in [4.78, 5) is 2.54. The molecule has 2 heteroatoms. The van der Waals surface area contributed by atoms with Gasteiger partial charge in [-0.1, -0.05) is 86.2 Å². The van der Waals surface area contributed by atoms with Gasteiger partial charge in [-0.25, -0.2) is 0 Å². The lowest BCUT2D eigenvalue weighted by atomic mass is 9.78. The summed E-state index contributed by atoms with van der Waals surface area (Å²) in [6, 6.07) is 27.0. The summed E-state index contributed by atoms with van der Waals surface area (Å²) in [5.74, 6) is 0.580. The van der Waals surface area contributed by atoms with Gasteiger partial charge in [-0.2, -0.15) is 4.58 Å². The van der Waals surface area contributed by atoms with Crippen molar-refractivity contribution in [2.45, 2.75) is 78.1 Å². The lowest BCUT2D eigenvalue weighted by Crippen LogP contribution is -2.28. The maximum absolute atomic E-state index is 2.55. The largest absolute Gasteiger partial charge is 0.344 e. The lowest BCUT2D eigenvalue weighted by molar-refractivity contribution is -0.433. The molecule has 1 fully saturated rings. The van der Waals surface area contributed by atoms with Gasteiger partial charge in [0, 0.05) is 41.1 Å². The molecular formula is C42H47N2+. The minimum absolute atomic E-state index is 0.0305. The van der Waals surface area contributed by atoms with E-state index in [0.717, 1.165) is 19.5 Å². The first-order chi connectivity index (χ1) is 21.3. The number of rotatable bonds is 5. The number of hydrogen-bond acceptors (Lipinski definition) is 1. The van der Waals surface area contributed by atoms with Crippen molar-refractivity contribution in [3.8, 4) is 0 Å². The Balaban J connectivity index is 1.17. The summed E-state index contributed by atoms with van der Waals surface area (Å²) in [6.07, 6.45) is 14.8. The molecule has 4 aromatic carbocycles. The Morgan fingerprint density at radius 1 is 0.795 bits per heavy atom. The van der Waals surface area contributed by atoms with Crippen molar-refractivity contribution in [2.75, 3.05) is 18.0 Å². The highest BCUT2D eigenvalue weighted by Crippen LogP contribution is 2.51. The molecule has 2 aliphatic heterocycles. The van der Waals surface area contributed by atoms with E-state index in [1.807, 2.05) is 0 Å². The van der Waals surface area contributed by atoms with Gasteiger partial charge in [0.2, 0.25) is 5.69 Å². The molecule has 0 radical (unpaired) electrons. The summed E-state index contributed by atoms with van der Waals surface area (Å²) in [7, 11) is 0. The first kappa shape index (κ1) is 28.8. The predicted molar refractivity (Wildman–Crippen MR) is 190 cm³/mol. The Morgan fingerprint density at radius 2 is 1.48 bits per heavy atom. The molecule has 0 amide bonds. The van der Waals surface area contributed by atoms with Gasteiger partial charge in [0.1, 0.15) is 6.54 Å². The highest BCUT2D eigenvalue weighted by molar-refractivity contribution is 6.07. The van der Waals surface area contributed by atoms with Gasteiger partial charge in [-0.05, 0) is 105 Å². The maximum atomic E-state index is 2.55. The molecule has 0 spiro atoms. The van der Waals surface area contributed by atoms with Crippen molar-refractivity contribution in [3.05, 3.63) is 119 Å². The Morgan fingerprint density at radius 3 is 2.18 bits per heavy atom. The second kappa shape index (κ2) is 10.9. The summed E-state index contributed by atoms with van der Waals surface area (Å²) < 4.78 is 2.55. The second-order valence-electron chi connectivity index (χ2n) is 14.1. The first-order valence-corrected chi connectivity index (χ1v) is 16.8. The minimum atomic E-state index is -0.0370. The minimum Gasteiger partial charge on any atom is -0.344 e. The Kier molecular flexibility index (Phi) is 7.15. The predicted octanol–water partition coefficient (Wildman–Crippen LogP) is 10.8. The molecule has 7 rings (SSSR count). The van der Waals surface area contributed by atoms with Gasteiger partial charge in [-0.3, -0.25) is 0 Å². The van der Waals surface area contributed by atoms with Crippen LogP contribution in [-0.4, -0.2) is 23.4 Å². The van der Waals surface area contributed by atoms with Gasteiger partial charge in [-0.15, -0.1) is 0 Å². The van der Waals surface area contributed by atoms with E-state index in [2.05, 4.69) is 148 Å². The zero-order valence-electron chi connectivity index (χ0n) is 27.5.